The van der Waals surface area contributed by atoms with Crippen molar-refractivity contribution in [2.24, 2.45) is 0 Å². The van der Waals surface area contributed by atoms with Crippen LogP contribution in [0.15, 0.2) is 60.7 Å². The Balaban J connectivity index is 1.92. The summed E-state index contributed by atoms with van der Waals surface area (Å²) in [7, 11) is -1.21. The first kappa shape index (κ1) is 15.9. The van der Waals surface area contributed by atoms with Crippen LogP contribution in [-0.2, 0) is 21.5 Å². The summed E-state index contributed by atoms with van der Waals surface area (Å²) in [6.45, 7) is 0. The molecule has 0 saturated carbocycles. The van der Waals surface area contributed by atoms with Crippen molar-refractivity contribution >= 4 is 28.7 Å². The quantitative estimate of drug-likeness (QED) is 0.435. The molecule has 0 aliphatic heterocycles. The number of anilines is 1. The predicted molar refractivity (Wildman–Crippen MR) is 87.3 cm³/mol. The molecule has 0 fully saturated rings. The topological polar surface area (TPSA) is 78.4 Å². The standard InChI is InChI=1S/C16H16N2O3S/c19-16(17-20)11-8-13-6-9-15(10-7-13)18-22(21)12-14-4-2-1-3-5-14/h1-11,18,20H,12H2,(H,17,19)/b11-8+. The molecule has 0 radical (unpaired) electrons. The van der Waals surface area contributed by atoms with Crippen molar-refractivity contribution in [3.63, 3.8) is 0 Å². The lowest BCUT2D eigenvalue weighted by molar-refractivity contribution is -0.124. The van der Waals surface area contributed by atoms with E-state index in [1.165, 1.54) is 11.6 Å². The molecule has 2 rings (SSSR count). The van der Waals surface area contributed by atoms with Gasteiger partial charge in [-0.05, 0) is 29.3 Å². The number of hydrogen-bond acceptors (Lipinski definition) is 3. The van der Waals surface area contributed by atoms with Crippen LogP contribution >= 0.6 is 0 Å². The molecule has 1 unspecified atom stereocenters. The number of amides is 1. The second kappa shape index (κ2) is 8.11. The Morgan fingerprint density at radius 3 is 2.41 bits per heavy atom. The monoisotopic (exact) mass is 316 g/mol. The third-order valence-electron chi connectivity index (χ3n) is 2.82. The summed E-state index contributed by atoms with van der Waals surface area (Å²) in [4.78, 5) is 10.9. The fourth-order valence-corrected chi connectivity index (χ4v) is 2.73. The normalized spacial score (nSPS) is 12.0. The largest absolute Gasteiger partial charge is 0.305 e. The Hall–Kier alpha value is -2.44. The minimum absolute atomic E-state index is 0.430. The molecular weight excluding hydrogens is 300 g/mol. The van der Waals surface area contributed by atoms with Crippen LogP contribution in [0.1, 0.15) is 11.1 Å². The van der Waals surface area contributed by atoms with Crippen molar-refractivity contribution < 1.29 is 14.2 Å². The number of rotatable bonds is 6. The Kier molecular flexibility index (Phi) is 5.88. The molecule has 2 aromatic carbocycles. The van der Waals surface area contributed by atoms with Crippen LogP contribution in [0.3, 0.4) is 0 Å². The van der Waals surface area contributed by atoms with Crippen molar-refractivity contribution in [2.75, 3.05) is 4.72 Å². The third kappa shape index (κ3) is 5.16. The Labute approximate surface area is 131 Å². The first-order valence-corrected chi connectivity index (χ1v) is 7.90. The highest BCUT2D eigenvalue weighted by atomic mass is 32.2. The molecule has 3 N–H and O–H groups in total. The summed E-state index contributed by atoms with van der Waals surface area (Å²) in [6.07, 6.45) is 2.78. The van der Waals surface area contributed by atoms with E-state index in [4.69, 9.17) is 5.21 Å². The van der Waals surface area contributed by atoms with Gasteiger partial charge in [0.1, 0.15) is 11.0 Å². The van der Waals surface area contributed by atoms with E-state index in [1.807, 2.05) is 30.3 Å². The summed E-state index contributed by atoms with van der Waals surface area (Å²) in [5, 5.41) is 8.38. The molecule has 2 aromatic rings. The number of carbonyl (C=O) groups excluding carboxylic acids is 1. The van der Waals surface area contributed by atoms with Gasteiger partial charge in [-0.15, -0.1) is 0 Å². The predicted octanol–water partition coefficient (Wildman–Crippen LogP) is 2.48. The van der Waals surface area contributed by atoms with E-state index in [0.29, 0.717) is 5.75 Å². The van der Waals surface area contributed by atoms with E-state index < -0.39 is 16.9 Å². The minimum atomic E-state index is -1.21. The zero-order chi connectivity index (χ0) is 15.8. The van der Waals surface area contributed by atoms with Gasteiger partial charge in [-0.1, -0.05) is 42.5 Å². The first-order valence-electron chi connectivity index (χ1n) is 6.58. The number of hydroxylamine groups is 1. The van der Waals surface area contributed by atoms with Crippen LogP contribution in [0.4, 0.5) is 5.69 Å². The second-order valence-corrected chi connectivity index (χ2v) is 5.69. The number of hydrogen-bond donors (Lipinski definition) is 3. The van der Waals surface area contributed by atoms with E-state index in [1.54, 1.807) is 30.3 Å². The third-order valence-corrected chi connectivity index (χ3v) is 3.88. The van der Waals surface area contributed by atoms with E-state index in [9.17, 15) is 9.00 Å². The summed E-state index contributed by atoms with van der Waals surface area (Å²) >= 11 is 0. The van der Waals surface area contributed by atoms with Crippen LogP contribution in [0.2, 0.25) is 0 Å². The summed E-state index contributed by atoms with van der Waals surface area (Å²) < 4.78 is 14.9. The zero-order valence-corrected chi connectivity index (χ0v) is 12.5. The SMILES string of the molecule is O=C(/C=C/c1ccc(NS(=O)Cc2ccccc2)cc1)NO. The average Bonchev–Trinajstić information content (AvgIpc) is 2.54. The Bertz CT molecular complexity index is 670. The van der Waals surface area contributed by atoms with Gasteiger partial charge < -0.3 is 4.72 Å². The Morgan fingerprint density at radius 1 is 1.09 bits per heavy atom. The van der Waals surface area contributed by atoms with E-state index in [0.717, 1.165) is 16.8 Å². The molecule has 0 spiro atoms. The summed E-state index contributed by atoms with van der Waals surface area (Å²) in [6, 6.07) is 16.7. The molecule has 1 amide bonds. The second-order valence-electron chi connectivity index (χ2n) is 4.51. The highest BCUT2D eigenvalue weighted by molar-refractivity contribution is 7.85. The lowest BCUT2D eigenvalue weighted by Gasteiger charge is -2.06. The van der Waals surface area contributed by atoms with E-state index in [2.05, 4.69) is 4.72 Å². The van der Waals surface area contributed by atoms with Crippen LogP contribution in [0.5, 0.6) is 0 Å². The number of carbonyl (C=O) groups is 1. The lowest BCUT2D eigenvalue weighted by Crippen LogP contribution is -2.14. The van der Waals surface area contributed by atoms with Crippen molar-refractivity contribution in [3.8, 4) is 0 Å². The fraction of sp³-hybridized carbons (Fsp3) is 0.0625. The molecule has 0 bridgehead atoms. The van der Waals surface area contributed by atoms with E-state index in [-0.39, 0.29) is 0 Å². The van der Waals surface area contributed by atoms with Gasteiger partial charge in [0.2, 0.25) is 0 Å². The van der Waals surface area contributed by atoms with Crippen LogP contribution in [-0.4, -0.2) is 15.3 Å². The average molecular weight is 316 g/mol. The van der Waals surface area contributed by atoms with Crippen molar-refractivity contribution in [2.45, 2.75) is 5.75 Å². The minimum Gasteiger partial charge on any atom is -0.305 e. The van der Waals surface area contributed by atoms with Gasteiger partial charge in [0.05, 0.1) is 5.75 Å². The molecule has 5 nitrogen and oxygen atoms in total. The van der Waals surface area contributed by atoms with E-state index >= 15 is 0 Å². The van der Waals surface area contributed by atoms with Crippen molar-refractivity contribution in [1.82, 2.24) is 5.48 Å². The molecular formula is C16H16N2O3S. The Morgan fingerprint density at radius 2 is 1.77 bits per heavy atom. The van der Waals surface area contributed by atoms with Gasteiger partial charge in [-0.2, -0.15) is 0 Å². The molecule has 0 aliphatic rings. The highest BCUT2D eigenvalue weighted by Crippen LogP contribution is 2.13. The summed E-state index contributed by atoms with van der Waals surface area (Å²) in [5.74, 6) is -0.162. The van der Waals surface area contributed by atoms with Crippen molar-refractivity contribution in [1.29, 1.82) is 0 Å². The van der Waals surface area contributed by atoms with Gasteiger partial charge >= 0.3 is 0 Å². The van der Waals surface area contributed by atoms with Crippen LogP contribution in [0.25, 0.3) is 6.08 Å². The number of nitrogens with one attached hydrogen (secondary N) is 2. The lowest BCUT2D eigenvalue weighted by atomic mass is 10.2. The van der Waals surface area contributed by atoms with Crippen LogP contribution < -0.4 is 10.2 Å². The zero-order valence-electron chi connectivity index (χ0n) is 11.7. The maximum absolute atomic E-state index is 12.0. The molecule has 0 aromatic heterocycles. The molecule has 114 valence electrons. The van der Waals surface area contributed by atoms with Gasteiger partial charge in [0.15, 0.2) is 0 Å². The summed E-state index contributed by atoms with van der Waals surface area (Å²) in [5.41, 5.74) is 4.05. The van der Waals surface area contributed by atoms with Gasteiger partial charge in [0, 0.05) is 11.8 Å². The first-order chi connectivity index (χ1) is 10.7. The maximum atomic E-state index is 12.0. The molecule has 6 heteroatoms. The smallest absolute Gasteiger partial charge is 0.267 e. The molecule has 0 aliphatic carbocycles. The van der Waals surface area contributed by atoms with Gasteiger partial charge in [0.25, 0.3) is 5.91 Å². The molecule has 1 atom stereocenters. The fourth-order valence-electron chi connectivity index (χ4n) is 1.76. The highest BCUT2D eigenvalue weighted by Gasteiger charge is 2.02. The van der Waals surface area contributed by atoms with Crippen LogP contribution in [0, 0.1) is 0 Å². The molecule has 0 heterocycles. The van der Waals surface area contributed by atoms with Gasteiger partial charge in [-0.25, -0.2) is 9.69 Å². The number of benzene rings is 2. The maximum Gasteiger partial charge on any atom is 0.267 e. The molecule has 22 heavy (non-hydrogen) atoms. The van der Waals surface area contributed by atoms with Crippen molar-refractivity contribution in [3.05, 3.63) is 71.8 Å². The molecule has 0 saturated heterocycles. The van der Waals surface area contributed by atoms with Gasteiger partial charge in [-0.3, -0.25) is 10.0 Å².